The third-order valence-corrected chi connectivity index (χ3v) is 5.19. The van der Waals surface area contributed by atoms with Gasteiger partial charge in [0, 0.05) is 19.6 Å². The number of urea groups is 1. The van der Waals surface area contributed by atoms with Crippen molar-refractivity contribution in [3.8, 4) is 11.5 Å². The maximum Gasteiger partial charge on any atom is 0.387 e. The van der Waals surface area contributed by atoms with Crippen molar-refractivity contribution in [2.45, 2.75) is 31.8 Å². The Bertz CT molecular complexity index is 794. The second-order valence-electron chi connectivity index (χ2n) is 7.02. The number of hydrogen-bond donors (Lipinski definition) is 1. The van der Waals surface area contributed by atoms with Crippen LogP contribution in [0, 0.1) is 0 Å². The van der Waals surface area contributed by atoms with E-state index in [2.05, 4.69) is 34.3 Å². The number of likely N-dealkylation sites (tertiary alicyclic amines) is 1. The molecule has 0 atom stereocenters. The third kappa shape index (κ3) is 5.82. The van der Waals surface area contributed by atoms with Crippen molar-refractivity contribution in [1.82, 2.24) is 10.2 Å². The van der Waals surface area contributed by atoms with Gasteiger partial charge in [-0.15, -0.1) is 0 Å². The van der Waals surface area contributed by atoms with Crippen LogP contribution in [0.5, 0.6) is 11.5 Å². The van der Waals surface area contributed by atoms with Gasteiger partial charge in [-0.2, -0.15) is 8.78 Å². The molecule has 1 aliphatic rings. The van der Waals surface area contributed by atoms with Gasteiger partial charge < -0.3 is 19.7 Å². The zero-order valence-corrected chi connectivity index (χ0v) is 16.4. The summed E-state index contributed by atoms with van der Waals surface area (Å²) < 4.78 is 34.3. The predicted octanol–water partition coefficient (Wildman–Crippen LogP) is 4.43. The highest BCUT2D eigenvalue weighted by Gasteiger charge is 2.23. The molecule has 5 nitrogen and oxygen atoms in total. The number of amides is 2. The summed E-state index contributed by atoms with van der Waals surface area (Å²) in [5, 5.41) is 2.93. The Morgan fingerprint density at radius 2 is 1.86 bits per heavy atom. The summed E-state index contributed by atoms with van der Waals surface area (Å²) in [4.78, 5) is 14.3. The molecule has 29 heavy (non-hydrogen) atoms. The Hall–Kier alpha value is -2.83. The molecule has 1 aliphatic heterocycles. The largest absolute Gasteiger partial charge is 0.493 e. The normalized spacial score (nSPS) is 14.7. The van der Waals surface area contributed by atoms with Crippen molar-refractivity contribution in [3.63, 3.8) is 0 Å². The third-order valence-electron chi connectivity index (χ3n) is 5.19. The van der Waals surface area contributed by atoms with Gasteiger partial charge in [-0.1, -0.05) is 36.4 Å². The second-order valence-corrected chi connectivity index (χ2v) is 7.02. The van der Waals surface area contributed by atoms with Crippen LogP contribution >= 0.6 is 0 Å². The van der Waals surface area contributed by atoms with Crippen LogP contribution in [0.4, 0.5) is 13.6 Å². The van der Waals surface area contributed by atoms with E-state index in [9.17, 15) is 13.6 Å². The van der Waals surface area contributed by atoms with Crippen molar-refractivity contribution in [3.05, 3.63) is 59.7 Å². The average Bonchev–Trinajstić information content (AvgIpc) is 2.75. The van der Waals surface area contributed by atoms with Gasteiger partial charge in [-0.25, -0.2) is 4.79 Å². The van der Waals surface area contributed by atoms with E-state index in [0.717, 1.165) is 31.5 Å². The van der Waals surface area contributed by atoms with Crippen LogP contribution in [0.25, 0.3) is 0 Å². The maximum atomic E-state index is 12.4. The number of alkyl halides is 2. The number of nitrogens with zero attached hydrogens (tertiary/aromatic N) is 1. The van der Waals surface area contributed by atoms with E-state index in [1.165, 1.54) is 18.7 Å². The van der Waals surface area contributed by atoms with Crippen LogP contribution in [0.2, 0.25) is 0 Å². The Kier molecular flexibility index (Phi) is 7.27. The first kappa shape index (κ1) is 20.9. The highest BCUT2D eigenvalue weighted by molar-refractivity contribution is 5.74. The summed E-state index contributed by atoms with van der Waals surface area (Å²) in [5.74, 6) is 0.746. The molecule has 0 bridgehead atoms. The van der Waals surface area contributed by atoms with Gasteiger partial charge in [0.15, 0.2) is 11.5 Å². The molecular formula is C22H26F2N2O3. The summed E-state index contributed by atoms with van der Waals surface area (Å²) in [6.07, 6.45) is 2.48. The topological polar surface area (TPSA) is 50.8 Å². The van der Waals surface area contributed by atoms with E-state index in [0.29, 0.717) is 18.9 Å². The van der Waals surface area contributed by atoms with Crippen LogP contribution in [-0.4, -0.2) is 44.3 Å². The zero-order valence-electron chi connectivity index (χ0n) is 16.4. The van der Waals surface area contributed by atoms with Gasteiger partial charge >= 0.3 is 12.6 Å². The summed E-state index contributed by atoms with van der Waals surface area (Å²) >= 11 is 0. The molecular weight excluding hydrogens is 378 g/mol. The molecule has 2 aromatic carbocycles. The number of ether oxygens (including phenoxy) is 2. The molecule has 0 unspecified atom stereocenters. The Morgan fingerprint density at radius 1 is 1.14 bits per heavy atom. The molecule has 1 saturated heterocycles. The number of carbonyl (C=O) groups excluding carboxylic acids is 1. The van der Waals surface area contributed by atoms with Crippen molar-refractivity contribution in [2.24, 2.45) is 0 Å². The second kappa shape index (κ2) is 10.1. The number of methoxy groups -OCH3 is 1. The molecule has 7 heteroatoms. The molecule has 1 heterocycles. The fourth-order valence-electron chi connectivity index (χ4n) is 3.63. The molecule has 2 amide bonds. The lowest BCUT2D eigenvalue weighted by Gasteiger charge is -2.32. The van der Waals surface area contributed by atoms with Gasteiger partial charge in [0.1, 0.15) is 0 Å². The van der Waals surface area contributed by atoms with Crippen LogP contribution in [0.15, 0.2) is 48.5 Å². The van der Waals surface area contributed by atoms with Crippen molar-refractivity contribution in [1.29, 1.82) is 0 Å². The number of piperidine rings is 1. The summed E-state index contributed by atoms with van der Waals surface area (Å²) in [7, 11) is 1.40. The van der Waals surface area contributed by atoms with E-state index < -0.39 is 6.61 Å². The minimum atomic E-state index is -2.90. The lowest BCUT2D eigenvalue weighted by Crippen LogP contribution is -2.44. The SMILES string of the molecule is COc1cc(CCNC(=O)N2CCC(c3ccccc3)CC2)ccc1OC(F)F. The Labute approximate surface area is 169 Å². The van der Waals surface area contributed by atoms with E-state index in [1.54, 1.807) is 12.1 Å². The minimum absolute atomic E-state index is 0.00317. The zero-order chi connectivity index (χ0) is 20.6. The lowest BCUT2D eigenvalue weighted by molar-refractivity contribution is -0.0512. The fraction of sp³-hybridized carbons (Fsp3) is 0.409. The minimum Gasteiger partial charge on any atom is -0.493 e. The number of nitrogens with one attached hydrogen (secondary N) is 1. The fourth-order valence-corrected chi connectivity index (χ4v) is 3.63. The summed E-state index contributed by atoms with van der Waals surface area (Å²) in [6.45, 7) is -0.979. The number of benzene rings is 2. The monoisotopic (exact) mass is 404 g/mol. The first-order valence-electron chi connectivity index (χ1n) is 9.76. The smallest absolute Gasteiger partial charge is 0.387 e. The molecule has 2 aromatic rings. The molecule has 0 spiro atoms. The van der Waals surface area contributed by atoms with Crippen LogP contribution in [0.3, 0.4) is 0 Å². The van der Waals surface area contributed by atoms with Gasteiger partial charge in [0.25, 0.3) is 0 Å². The van der Waals surface area contributed by atoms with Crippen LogP contribution < -0.4 is 14.8 Å². The maximum absolute atomic E-state index is 12.4. The molecule has 156 valence electrons. The molecule has 1 N–H and O–H groups in total. The van der Waals surface area contributed by atoms with Crippen LogP contribution in [0.1, 0.15) is 29.9 Å². The van der Waals surface area contributed by atoms with E-state index in [4.69, 9.17) is 4.74 Å². The molecule has 0 aromatic heterocycles. The van der Waals surface area contributed by atoms with Gasteiger partial charge in [0.2, 0.25) is 0 Å². The molecule has 0 aliphatic carbocycles. The number of halogens is 2. The molecule has 0 radical (unpaired) electrons. The van der Waals surface area contributed by atoms with E-state index >= 15 is 0 Å². The van der Waals surface area contributed by atoms with Crippen molar-refractivity contribution < 1.29 is 23.0 Å². The highest BCUT2D eigenvalue weighted by Crippen LogP contribution is 2.30. The number of rotatable bonds is 7. The first-order valence-corrected chi connectivity index (χ1v) is 9.76. The van der Waals surface area contributed by atoms with Crippen molar-refractivity contribution >= 4 is 6.03 Å². The Morgan fingerprint density at radius 3 is 2.52 bits per heavy atom. The highest BCUT2D eigenvalue weighted by atomic mass is 19.3. The molecule has 3 rings (SSSR count). The predicted molar refractivity (Wildman–Crippen MR) is 107 cm³/mol. The van der Waals surface area contributed by atoms with Crippen molar-refractivity contribution in [2.75, 3.05) is 26.7 Å². The van der Waals surface area contributed by atoms with E-state index in [-0.39, 0.29) is 17.5 Å². The summed E-state index contributed by atoms with van der Waals surface area (Å²) in [6, 6.07) is 15.1. The lowest BCUT2D eigenvalue weighted by atomic mass is 9.90. The Balaban J connectivity index is 1.44. The summed E-state index contributed by atoms with van der Waals surface area (Å²) in [5.41, 5.74) is 2.20. The molecule has 1 fully saturated rings. The van der Waals surface area contributed by atoms with E-state index in [1.807, 2.05) is 11.0 Å². The quantitative estimate of drug-likeness (QED) is 0.743. The number of hydrogen-bond acceptors (Lipinski definition) is 3. The first-order chi connectivity index (χ1) is 14.1. The van der Waals surface area contributed by atoms with Gasteiger partial charge in [-0.3, -0.25) is 0 Å². The molecule has 0 saturated carbocycles. The number of carbonyl (C=O) groups is 1. The van der Waals surface area contributed by atoms with Gasteiger partial charge in [-0.05, 0) is 48.4 Å². The van der Waals surface area contributed by atoms with Crippen LogP contribution in [-0.2, 0) is 6.42 Å². The average molecular weight is 404 g/mol. The standard InChI is InChI=1S/C22H26F2N2O3/c1-28-20-15-16(7-8-19(20)29-21(23)24)9-12-25-22(27)26-13-10-18(11-14-26)17-5-3-2-4-6-17/h2-8,15,18,21H,9-14H2,1H3,(H,25,27). The van der Waals surface area contributed by atoms with Gasteiger partial charge in [0.05, 0.1) is 7.11 Å².